The van der Waals surface area contributed by atoms with Crippen molar-refractivity contribution < 1.29 is 38.5 Å². The summed E-state index contributed by atoms with van der Waals surface area (Å²) in [5, 5.41) is 21.6. The molecule has 22 heavy (non-hydrogen) atoms. The first-order valence-electron chi connectivity index (χ1n) is 6.59. The largest absolute Gasteiger partial charge is 0.463 e. The normalized spacial score (nSPS) is 31.4. The van der Waals surface area contributed by atoms with Gasteiger partial charge in [-0.3, -0.25) is 14.4 Å². The molecule has 2 amide bonds. The number of aliphatic hydroxyl groups excluding tert-OH is 2. The zero-order valence-electron chi connectivity index (χ0n) is 11.9. The molecule has 0 aliphatic carbocycles. The van der Waals surface area contributed by atoms with Crippen LogP contribution in [0.5, 0.6) is 0 Å². The molecule has 9 nitrogen and oxygen atoms in total. The number of esters is 1. The van der Waals surface area contributed by atoms with E-state index in [-0.39, 0.29) is 12.8 Å². The van der Waals surface area contributed by atoms with Gasteiger partial charge in [0, 0.05) is 13.3 Å². The molecule has 1 heterocycles. The fourth-order valence-corrected chi connectivity index (χ4v) is 1.92. The molecule has 5 atom stereocenters. The molecule has 0 radical (unpaired) electrons. The van der Waals surface area contributed by atoms with Crippen molar-refractivity contribution in [1.82, 2.24) is 5.32 Å². The highest BCUT2D eigenvalue weighted by Crippen LogP contribution is 2.23. The average molecular weight is 322 g/mol. The van der Waals surface area contributed by atoms with Crippen LogP contribution < -0.4 is 11.1 Å². The topological polar surface area (TPSA) is 148 Å². The smallest absolute Gasteiger partial charge is 0.306 e. The molecule has 1 fully saturated rings. The number of alkyl halides is 1. The summed E-state index contributed by atoms with van der Waals surface area (Å²) in [6.45, 7) is 0.582. The van der Waals surface area contributed by atoms with Gasteiger partial charge in [-0.1, -0.05) is 0 Å². The first kappa shape index (κ1) is 18.3. The maximum absolute atomic E-state index is 14.0. The highest BCUT2D eigenvalue weighted by Gasteiger charge is 2.45. The van der Waals surface area contributed by atoms with E-state index in [2.05, 4.69) is 5.32 Å². The summed E-state index contributed by atoms with van der Waals surface area (Å²) >= 11 is 0. The van der Waals surface area contributed by atoms with Gasteiger partial charge >= 0.3 is 5.97 Å². The number of ether oxygens (including phenoxy) is 2. The Balaban J connectivity index is 2.51. The number of carbonyl (C=O) groups is 3. The molecule has 5 N–H and O–H groups in total. The number of primary amides is 1. The predicted molar refractivity (Wildman–Crippen MR) is 68.8 cm³/mol. The monoisotopic (exact) mass is 322 g/mol. The number of halogens is 1. The van der Waals surface area contributed by atoms with E-state index in [0.717, 1.165) is 6.92 Å². The van der Waals surface area contributed by atoms with Crippen molar-refractivity contribution in [2.24, 2.45) is 5.73 Å². The maximum atomic E-state index is 14.0. The number of rotatable bonds is 6. The van der Waals surface area contributed by atoms with Gasteiger partial charge in [0.15, 0.2) is 12.5 Å². The average Bonchev–Trinajstić information content (AvgIpc) is 2.43. The van der Waals surface area contributed by atoms with Crippen LogP contribution in [0.2, 0.25) is 0 Å². The van der Waals surface area contributed by atoms with Crippen molar-refractivity contribution in [1.29, 1.82) is 0 Å². The van der Waals surface area contributed by atoms with Crippen molar-refractivity contribution in [3.8, 4) is 0 Å². The number of carbonyl (C=O) groups excluding carboxylic acids is 3. The van der Waals surface area contributed by atoms with Gasteiger partial charge in [-0.05, 0) is 0 Å². The molecule has 10 heteroatoms. The fraction of sp³-hybridized carbons (Fsp3) is 0.750. The van der Waals surface area contributed by atoms with E-state index in [9.17, 15) is 29.0 Å². The molecule has 1 saturated heterocycles. The van der Waals surface area contributed by atoms with Crippen LogP contribution in [0.3, 0.4) is 0 Å². The van der Waals surface area contributed by atoms with E-state index in [1.54, 1.807) is 0 Å². The lowest BCUT2D eigenvalue weighted by Gasteiger charge is -2.39. The minimum atomic E-state index is -1.98. The molecule has 1 aliphatic heterocycles. The van der Waals surface area contributed by atoms with Crippen LogP contribution in [-0.4, -0.2) is 65.3 Å². The number of aliphatic hydroxyl groups is 2. The van der Waals surface area contributed by atoms with Crippen molar-refractivity contribution in [3.63, 3.8) is 0 Å². The molecule has 126 valence electrons. The van der Waals surface area contributed by atoms with Crippen LogP contribution in [0, 0.1) is 0 Å². The number of hydrogen-bond acceptors (Lipinski definition) is 7. The van der Waals surface area contributed by atoms with Crippen LogP contribution in [-0.2, 0) is 23.9 Å². The summed E-state index contributed by atoms with van der Waals surface area (Å²) in [4.78, 5) is 32.7. The van der Waals surface area contributed by atoms with E-state index in [4.69, 9.17) is 15.2 Å². The number of amides is 2. The number of hydrogen-bond donors (Lipinski definition) is 4. The zero-order chi connectivity index (χ0) is 16.9. The van der Waals surface area contributed by atoms with E-state index in [1.165, 1.54) is 0 Å². The van der Waals surface area contributed by atoms with Crippen LogP contribution >= 0.6 is 0 Å². The van der Waals surface area contributed by atoms with Crippen molar-refractivity contribution >= 4 is 17.8 Å². The molecule has 1 rings (SSSR count). The fourth-order valence-electron chi connectivity index (χ4n) is 1.92. The van der Waals surface area contributed by atoms with E-state index in [0.29, 0.717) is 0 Å². The van der Waals surface area contributed by atoms with Crippen LogP contribution in [0.15, 0.2) is 0 Å². The molecule has 0 bridgehead atoms. The Kier molecular flexibility index (Phi) is 6.65. The minimum Gasteiger partial charge on any atom is -0.463 e. The first-order valence-corrected chi connectivity index (χ1v) is 6.59. The highest BCUT2D eigenvalue weighted by molar-refractivity contribution is 5.79. The van der Waals surface area contributed by atoms with Crippen LogP contribution in [0.25, 0.3) is 0 Å². The molecule has 0 spiro atoms. The predicted octanol–water partition coefficient (Wildman–Crippen LogP) is -2.28. The molecule has 1 unspecified atom stereocenters. The lowest BCUT2D eigenvalue weighted by atomic mass is 9.98. The summed E-state index contributed by atoms with van der Waals surface area (Å²) in [5.41, 5.74) is 4.86. The molecule has 0 aromatic carbocycles. The van der Waals surface area contributed by atoms with Gasteiger partial charge in [0.25, 0.3) is 0 Å². The third-order valence-corrected chi connectivity index (χ3v) is 3.02. The van der Waals surface area contributed by atoms with Crippen molar-refractivity contribution in [3.05, 3.63) is 0 Å². The standard InChI is InChI=1S/C12H19FN2O7/c1-5(16)15-10-11(19)9(13)6(22-12(10)20)4-21-8(18)3-2-7(14)17/h6,9-12,19-20H,2-4H2,1H3,(H2,14,17)(H,15,16)/t6-,9-,10-,11+,12?/m1/s1. The molecular weight excluding hydrogens is 303 g/mol. The van der Waals surface area contributed by atoms with Gasteiger partial charge < -0.3 is 30.7 Å². The summed E-state index contributed by atoms with van der Waals surface area (Å²) < 4.78 is 23.6. The lowest BCUT2D eigenvalue weighted by molar-refractivity contribution is -0.242. The van der Waals surface area contributed by atoms with Gasteiger partial charge in [-0.25, -0.2) is 4.39 Å². The third-order valence-electron chi connectivity index (χ3n) is 3.02. The maximum Gasteiger partial charge on any atom is 0.306 e. The first-order chi connectivity index (χ1) is 10.2. The Morgan fingerprint density at radius 1 is 1.32 bits per heavy atom. The molecule has 0 aromatic heterocycles. The minimum absolute atomic E-state index is 0.209. The summed E-state index contributed by atoms with van der Waals surface area (Å²) in [6, 6.07) is -1.32. The Morgan fingerprint density at radius 2 is 1.95 bits per heavy atom. The molecule has 0 aromatic rings. The number of nitrogens with one attached hydrogen (secondary N) is 1. The Labute approximate surface area is 125 Å². The number of nitrogens with two attached hydrogens (primary N) is 1. The SMILES string of the molecule is CC(=O)N[C@H]1C(O)O[C@H](COC(=O)CCC(N)=O)[C@@H](F)[C@@H]1O. The summed E-state index contributed by atoms with van der Waals surface area (Å²) in [6.07, 6.45) is -7.23. The second kappa shape index (κ2) is 8.01. The molecule has 1 aliphatic rings. The van der Waals surface area contributed by atoms with Crippen molar-refractivity contribution in [2.45, 2.75) is 50.5 Å². The van der Waals surface area contributed by atoms with Gasteiger partial charge in [-0.2, -0.15) is 0 Å². The second-order valence-corrected chi connectivity index (χ2v) is 4.88. The zero-order valence-corrected chi connectivity index (χ0v) is 11.9. The molecule has 0 saturated carbocycles. The van der Waals surface area contributed by atoms with Gasteiger partial charge in [0.1, 0.15) is 24.9 Å². The summed E-state index contributed by atoms with van der Waals surface area (Å²) in [7, 11) is 0. The van der Waals surface area contributed by atoms with Crippen LogP contribution in [0.4, 0.5) is 4.39 Å². The van der Waals surface area contributed by atoms with Crippen molar-refractivity contribution in [2.75, 3.05) is 6.61 Å². The highest BCUT2D eigenvalue weighted by atomic mass is 19.1. The molecular formula is C12H19FN2O7. The second-order valence-electron chi connectivity index (χ2n) is 4.88. The van der Waals surface area contributed by atoms with E-state index < -0.39 is 55.1 Å². The van der Waals surface area contributed by atoms with Crippen LogP contribution in [0.1, 0.15) is 19.8 Å². The lowest BCUT2D eigenvalue weighted by Crippen LogP contribution is -2.62. The Bertz CT molecular complexity index is 434. The Hall–Kier alpha value is -1.78. The van der Waals surface area contributed by atoms with Gasteiger partial charge in [0.05, 0.1) is 6.42 Å². The van der Waals surface area contributed by atoms with E-state index in [1.807, 2.05) is 0 Å². The van der Waals surface area contributed by atoms with Gasteiger partial charge in [-0.15, -0.1) is 0 Å². The third kappa shape index (κ3) is 5.20. The Morgan fingerprint density at radius 3 is 2.50 bits per heavy atom. The quantitative estimate of drug-likeness (QED) is 0.402. The van der Waals surface area contributed by atoms with Gasteiger partial charge in [0.2, 0.25) is 11.8 Å². The summed E-state index contributed by atoms with van der Waals surface area (Å²) in [5.74, 6) is -2.05. The van der Waals surface area contributed by atoms with E-state index >= 15 is 0 Å².